The number of nitrogens with one attached hydrogen (secondary N) is 1. The molecular formula is C18H18N2O4. The first-order valence-corrected chi connectivity index (χ1v) is 8.15. The van der Waals surface area contributed by atoms with Gasteiger partial charge in [-0.1, -0.05) is 26.0 Å². The Labute approximate surface area is 138 Å². The molecule has 24 heavy (non-hydrogen) atoms. The number of hydrogen-bond acceptors (Lipinski definition) is 4. The Hall–Kier alpha value is -2.63. The van der Waals surface area contributed by atoms with E-state index in [4.69, 9.17) is 4.42 Å². The van der Waals surface area contributed by atoms with Crippen LogP contribution < -0.4 is 5.32 Å². The van der Waals surface area contributed by atoms with Crippen LogP contribution in [0.25, 0.3) is 11.0 Å². The number of carbonyl (C=O) groups is 3. The molecule has 2 aromatic rings. The molecule has 4 rings (SSSR count). The molecule has 1 fully saturated rings. The Bertz CT molecular complexity index is 881. The Morgan fingerprint density at radius 2 is 2.04 bits per heavy atom. The molecule has 0 spiro atoms. The molecular weight excluding hydrogens is 308 g/mol. The molecule has 6 nitrogen and oxygen atoms in total. The van der Waals surface area contributed by atoms with Crippen LogP contribution in [0.15, 0.2) is 22.6 Å². The second kappa shape index (κ2) is 5.19. The number of piperidine rings is 1. The number of carbonyl (C=O) groups excluding carboxylic acids is 3. The minimum Gasteiger partial charge on any atom is -0.451 e. The molecule has 1 aromatic heterocycles. The highest BCUT2D eigenvalue weighted by molar-refractivity contribution is 6.06. The van der Waals surface area contributed by atoms with Gasteiger partial charge in [-0.25, -0.2) is 0 Å². The fraction of sp³-hybridized carbons (Fsp3) is 0.389. The summed E-state index contributed by atoms with van der Waals surface area (Å²) in [6.45, 7) is 4.55. The number of furan rings is 1. The third-order valence-electron chi connectivity index (χ3n) is 4.85. The molecule has 2 aliphatic heterocycles. The largest absolute Gasteiger partial charge is 0.451 e. The van der Waals surface area contributed by atoms with Crippen molar-refractivity contribution >= 4 is 28.7 Å². The highest BCUT2D eigenvalue weighted by Crippen LogP contribution is 2.36. The van der Waals surface area contributed by atoms with Crippen molar-refractivity contribution in [3.63, 3.8) is 0 Å². The van der Waals surface area contributed by atoms with Crippen LogP contribution >= 0.6 is 0 Å². The average molecular weight is 326 g/mol. The van der Waals surface area contributed by atoms with E-state index in [1.54, 1.807) is 0 Å². The van der Waals surface area contributed by atoms with Crippen molar-refractivity contribution in [1.82, 2.24) is 10.2 Å². The summed E-state index contributed by atoms with van der Waals surface area (Å²) in [5, 5.41) is 3.21. The van der Waals surface area contributed by atoms with Gasteiger partial charge in [-0.3, -0.25) is 19.7 Å². The van der Waals surface area contributed by atoms with E-state index in [0.29, 0.717) is 30.2 Å². The van der Waals surface area contributed by atoms with E-state index in [1.807, 2.05) is 18.2 Å². The molecule has 0 bridgehead atoms. The van der Waals surface area contributed by atoms with Gasteiger partial charge in [0.05, 0.1) is 6.54 Å². The lowest BCUT2D eigenvalue weighted by Crippen LogP contribution is -2.52. The third-order valence-corrected chi connectivity index (χ3v) is 4.85. The zero-order chi connectivity index (χ0) is 17.0. The monoisotopic (exact) mass is 326 g/mol. The standard InChI is InChI=1S/C18H18N2O4/c1-9(2)10-3-4-11-12-8-20(13-5-6-15(21)19-17(13)22)18(23)16(12)24-14(11)7-10/h3-4,7,9,13H,5-6,8H2,1-2H3,(H,19,21,22). The van der Waals surface area contributed by atoms with Gasteiger partial charge in [0.15, 0.2) is 5.76 Å². The number of fused-ring (bicyclic) bond motifs is 3. The van der Waals surface area contributed by atoms with Crippen LogP contribution in [0.5, 0.6) is 0 Å². The summed E-state index contributed by atoms with van der Waals surface area (Å²) in [7, 11) is 0. The second-order valence-corrected chi connectivity index (χ2v) is 6.72. The van der Waals surface area contributed by atoms with Gasteiger partial charge in [-0.15, -0.1) is 0 Å². The summed E-state index contributed by atoms with van der Waals surface area (Å²) in [5.41, 5.74) is 2.70. The minimum absolute atomic E-state index is 0.250. The van der Waals surface area contributed by atoms with Crippen molar-refractivity contribution < 1.29 is 18.8 Å². The Balaban J connectivity index is 1.68. The van der Waals surface area contributed by atoms with E-state index in [9.17, 15) is 14.4 Å². The smallest absolute Gasteiger partial charge is 0.290 e. The summed E-state index contributed by atoms with van der Waals surface area (Å²) >= 11 is 0. The maximum absolute atomic E-state index is 12.7. The van der Waals surface area contributed by atoms with Gasteiger partial charge in [-0.05, 0) is 24.0 Å². The van der Waals surface area contributed by atoms with Gasteiger partial charge in [0.25, 0.3) is 5.91 Å². The van der Waals surface area contributed by atoms with Gasteiger partial charge in [0, 0.05) is 17.4 Å². The van der Waals surface area contributed by atoms with Crippen LogP contribution in [0.4, 0.5) is 0 Å². The van der Waals surface area contributed by atoms with Crippen LogP contribution in [0.2, 0.25) is 0 Å². The third kappa shape index (κ3) is 2.13. The van der Waals surface area contributed by atoms with Crippen molar-refractivity contribution in [2.45, 2.75) is 45.2 Å². The highest BCUT2D eigenvalue weighted by Gasteiger charge is 2.41. The Kier molecular flexibility index (Phi) is 3.23. The molecule has 0 radical (unpaired) electrons. The SMILES string of the molecule is CC(C)c1ccc2c3c(oc2c1)C(=O)N(C1CCC(=O)NC1=O)C3. The van der Waals surface area contributed by atoms with Crippen molar-refractivity contribution in [3.05, 3.63) is 35.1 Å². The van der Waals surface area contributed by atoms with Crippen molar-refractivity contribution in [2.24, 2.45) is 0 Å². The van der Waals surface area contributed by atoms with Gasteiger partial charge in [0.1, 0.15) is 11.6 Å². The quantitative estimate of drug-likeness (QED) is 0.859. The summed E-state index contributed by atoms with van der Waals surface area (Å²) in [5.74, 6) is -0.273. The van der Waals surface area contributed by atoms with Gasteiger partial charge >= 0.3 is 0 Å². The molecule has 1 N–H and O–H groups in total. The molecule has 1 unspecified atom stereocenters. The van der Waals surface area contributed by atoms with Crippen LogP contribution in [-0.2, 0) is 16.1 Å². The number of amides is 3. The lowest BCUT2D eigenvalue weighted by molar-refractivity contribution is -0.136. The average Bonchev–Trinajstić information content (AvgIpc) is 3.04. The first-order chi connectivity index (χ1) is 11.5. The topological polar surface area (TPSA) is 79.6 Å². The van der Waals surface area contributed by atoms with Crippen molar-refractivity contribution in [1.29, 1.82) is 0 Å². The fourth-order valence-electron chi connectivity index (χ4n) is 3.46. The van der Waals surface area contributed by atoms with E-state index in [0.717, 1.165) is 16.5 Å². The summed E-state index contributed by atoms with van der Waals surface area (Å²) < 4.78 is 5.80. The van der Waals surface area contributed by atoms with E-state index in [-0.39, 0.29) is 18.2 Å². The van der Waals surface area contributed by atoms with Crippen LogP contribution in [-0.4, -0.2) is 28.7 Å². The molecule has 0 saturated carbocycles. The number of benzene rings is 1. The number of nitrogens with zero attached hydrogens (tertiary/aromatic N) is 1. The zero-order valence-electron chi connectivity index (χ0n) is 13.6. The van der Waals surface area contributed by atoms with Gasteiger partial charge in [0.2, 0.25) is 11.8 Å². The molecule has 2 aliphatic rings. The first-order valence-electron chi connectivity index (χ1n) is 8.15. The molecule has 1 saturated heterocycles. The first kappa shape index (κ1) is 14.9. The van der Waals surface area contributed by atoms with E-state index in [1.165, 1.54) is 4.90 Å². The van der Waals surface area contributed by atoms with Gasteiger partial charge < -0.3 is 9.32 Å². The van der Waals surface area contributed by atoms with E-state index in [2.05, 4.69) is 19.2 Å². The number of rotatable bonds is 2. The number of imide groups is 1. The molecule has 6 heteroatoms. The van der Waals surface area contributed by atoms with E-state index >= 15 is 0 Å². The van der Waals surface area contributed by atoms with Crippen LogP contribution in [0.3, 0.4) is 0 Å². The maximum Gasteiger partial charge on any atom is 0.290 e. The minimum atomic E-state index is -0.609. The molecule has 124 valence electrons. The lowest BCUT2D eigenvalue weighted by Gasteiger charge is -2.29. The number of hydrogen-bond donors (Lipinski definition) is 1. The summed E-state index contributed by atoms with van der Waals surface area (Å²) in [6, 6.07) is 5.39. The Morgan fingerprint density at radius 3 is 2.75 bits per heavy atom. The summed E-state index contributed by atoms with van der Waals surface area (Å²) in [4.78, 5) is 37.5. The predicted octanol–water partition coefficient (Wildman–Crippen LogP) is 2.32. The summed E-state index contributed by atoms with van der Waals surface area (Å²) in [6.07, 6.45) is 0.607. The van der Waals surface area contributed by atoms with Crippen LogP contribution in [0.1, 0.15) is 54.3 Å². The van der Waals surface area contributed by atoms with Crippen LogP contribution in [0, 0.1) is 0 Å². The molecule has 3 amide bonds. The predicted molar refractivity (Wildman–Crippen MR) is 86.3 cm³/mol. The van der Waals surface area contributed by atoms with Crippen molar-refractivity contribution in [2.75, 3.05) is 0 Å². The normalized spacial score (nSPS) is 20.9. The Morgan fingerprint density at radius 1 is 1.25 bits per heavy atom. The highest BCUT2D eigenvalue weighted by atomic mass is 16.3. The second-order valence-electron chi connectivity index (χ2n) is 6.72. The van der Waals surface area contributed by atoms with Crippen molar-refractivity contribution in [3.8, 4) is 0 Å². The fourth-order valence-corrected chi connectivity index (χ4v) is 3.46. The zero-order valence-corrected chi connectivity index (χ0v) is 13.6. The van der Waals surface area contributed by atoms with Gasteiger partial charge in [-0.2, -0.15) is 0 Å². The molecule has 1 aromatic carbocycles. The lowest BCUT2D eigenvalue weighted by atomic mass is 10.0. The molecule has 0 aliphatic carbocycles. The molecule has 1 atom stereocenters. The molecule has 3 heterocycles. The maximum atomic E-state index is 12.7. The van der Waals surface area contributed by atoms with E-state index < -0.39 is 11.9 Å².